The van der Waals surface area contributed by atoms with Crippen LogP contribution in [0, 0.1) is 0 Å². The van der Waals surface area contributed by atoms with Gasteiger partial charge >= 0.3 is 0 Å². The first-order valence-corrected chi connectivity index (χ1v) is 7.54. The fraction of sp³-hybridized carbons (Fsp3) is 0.833. The van der Waals surface area contributed by atoms with Crippen LogP contribution >= 0.6 is 11.5 Å². The van der Waals surface area contributed by atoms with Gasteiger partial charge < -0.3 is 15.4 Å². The van der Waals surface area contributed by atoms with Crippen LogP contribution < -0.4 is 10.6 Å². The van der Waals surface area contributed by atoms with Crippen molar-refractivity contribution in [2.24, 2.45) is 0 Å². The minimum absolute atomic E-state index is 0.458. The van der Waals surface area contributed by atoms with Gasteiger partial charge in [-0.15, -0.1) is 0 Å². The molecule has 1 aromatic rings. The van der Waals surface area contributed by atoms with Crippen LogP contribution in [0.1, 0.15) is 32.0 Å². The molecule has 6 heteroatoms. The van der Waals surface area contributed by atoms with E-state index in [1.807, 2.05) is 0 Å². The van der Waals surface area contributed by atoms with Crippen molar-refractivity contribution < 1.29 is 4.74 Å². The second-order valence-electron chi connectivity index (χ2n) is 4.47. The Morgan fingerprint density at radius 2 is 2.28 bits per heavy atom. The molecule has 1 aromatic heterocycles. The lowest BCUT2D eigenvalue weighted by atomic mass is 10.1. The molecule has 0 aromatic carbocycles. The van der Waals surface area contributed by atoms with E-state index in [0.29, 0.717) is 6.10 Å². The minimum atomic E-state index is 0.458. The van der Waals surface area contributed by atoms with Gasteiger partial charge in [0.25, 0.3) is 0 Å². The molecule has 1 saturated heterocycles. The molecule has 1 fully saturated rings. The van der Waals surface area contributed by atoms with E-state index in [9.17, 15) is 0 Å². The summed E-state index contributed by atoms with van der Waals surface area (Å²) in [5, 5.41) is 7.55. The number of aryl methyl sites for hydroxylation is 1. The highest BCUT2D eigenvalue weighted by Crippen LogP contribution is 2.11. The van der Waals surface area contributed by atoms with Gasteiger partial charge in [-0.2, -0.15) is 4.37 Å². The smallest absolute Gasteiger partial charge is 0.202 e. The molecule has 2 heterocycles. The predicted molar refractivity (Wildman–Crippen MR) is 74.2 cm³/mol. The van der Waals surface area contributed by atoms with E-state index in [1.54, 1.807) is 0 Å². The third-order valence-electron chi connectivity index (χ3n) is 3.02. The fourth-order valence-corrected chi connectivity index (χ4v) is 2.62. The van der Waals surface area contributed by atoms with Crippen molar-refractivity contribution >= 4 is 16.7 Å². The second kappa shape index (κ2) is 7.66. The topological polar surface area (TPSA) is 59.1 Å². The van der Waals surface area contributed by atoms with Crippen molar-refractivity contribution in [1.29, 1.82) is 0 Å². The lowest BCUT2D eigenvalue weighted by Crippen LogP contribution is -2.32. The van der Waals surface area contributed by atoms with Crippen molar-refractivity contribution in [1.82, 2.24) is 14.7 Å². The Morgan fingerprint density at radius 3 is 3.00 bits per heavy atom. The number of nitrogens with zero attached hydrogens (tertiary/aromatic N) is 2. The third kappa shape index (κ3) is 4.51. The zero-order chi connectivity index (χ0) is 12.6. The second-order valence-corrected chi connectivity index (χ2v) is 5.22. The largest absolute Gasteiger partial charge is 0.378 e. The lowest BCUT2D eigenvalue weighted by Gasteiger charge is -2.22. The summed E-state index contributed by atoms with van der Waals surface area (Å²) in [7, 11) is 0. The predicted octanol–water partition coefficient (Wildman–Crippen LogP) is 1.67. The summed E-state index contributed by atoms with van der Waals surface area (Å²) in [6, 6.07) is 0. The molecule has 18 heavy (non-hydrogen) atoms. The maximum Gasteiger partial charge on any atom is 0.202 e. The first-order chi connectivity index (χ1) is 8.88. The number of aromatic nitrogens is 2. The Hall–Kier alpha value is -0.720. The standard InChI is InChI=1S/C12H22N4OS/c1-2-11-15-12(18-16-11)14-6-3-9-17-10-4-7-13-8-5-10/h10,13H,2-9H2,1H3,(H,14,15,16). The van der Waals surface area contributed by atoms with Gasteiger partial charge in [-0.05, 0) is 32.4 Å². The molecule has 0 atom stereocenters. The van der Waals surface area contributed by atoms with Crippen LogP contribution in [0.3, 0.4) is 0 Å². The molecule has 0 amide bonds. The molecular formula is C12H22N4OS. The van der Waals surface area contributed by atoms with Crippen LogP contribution in [0.5, 0.6) is 0 Å². The van der Waals surface area contributed by atoms with E-state index in [1.165, 1.54) is 11.5 Å². The first-order valence-electron chi connectivity index (χ1n) is 6.77. The average molecular weight is 270 g/mol. The van der Waals surface area contributed by atoms with Crippen molar-refractivity contribution in [2.45, 2.75) is 38.7 Å². The van der Waals surface area contributed by atoms with E-state index in [-0.39, 0.29) is 0 Å². The minimum Gasteiger partial charge on any atom is -0.378 e. The highest BCUT2D eigenvalue weighted by molar-refractivity contribution is 7.09. The zero-order valence-corrected chi connectivity index (χ0v) is 11.8. The fourth-order valence-electron chi connectivity index (χ4n) is 1.95. The van der Waals surface area contributed by atoms with Crippen LogP contribution in [0.25, 0.3) is 0 Å². The Kier molecular flexibility index (Phi) is 5.83. The Morgan fingerprint density at radius 1 is 1.44 bits per heavy atom. The number of rotatable bonds is 7. The van der Waals surface area contributed by atoms with Crippen molar-refractivity contribution in [2.75, 3.05) is 31.6 Å². The molecule has 0 radical (unpaired) electrons. The van der Waals surface area contributed by atoms with Crippen LogP contribution in [-0.2, 0) is 11.2 Å². The van der Waals surface area contributed by atoms with Crippen molar-refractivity contribution in [3.8, 4) is 0 Å². The summed E-state index contributed by atoms with van der Waals surface area (Å²) in [5.41, 5.74) is 0. The Balaban J connectivity index is 1.52. The number of ether oxygens (including phenoxy) is 1. The molecule has 102 valence electrons. The number of hydrogen-bond acceptors (Lipinski definition) is 6. The van der Waals surface area contributed by atoms with Gasteiger partial charge in [0.05, 0.1) is 6.10 Å². The monoisotopic (exact) mass is 270 g/mol. The lowest BCUT2D eigenvalue weighted by molar-refractivity contribution is 0.0329. The maximum absolute atomic E-state index is 5.83. The Bertz CT molecular complexity index is 339. The number of piperidine rings is 1. The summed E-state index contributed by atoms with van der Waals surface area (Å²) in [6.45, 7) is 5.99. The third-order valence-corrected chi connectivity index (χ3v) is 3.73. The number of anilines is 1. The summed E-state index contributed by atoms with van der Waals surface area (Å²) < 4.78 is 10.1. The molecule has 2 N–H and O–H groups in total. The number of hydrogen-bond donors (Lipinski definition) is 2. The van der Waals surface area contributed by atoms with Gasteiger partial charge in [0.15, 0.2) is 0 Å². The molecule has 0 bridgehead atoms. The zero-order valence-electron chi connectivity index (χ0n) is 10.9. The molecule has 0 saturated carbocycles. The normalized spacial score (nSPS) is 16.9. The highest BCUT2D eigenvalue weighted by Gasteiger charge is 2.12. The van der Waals surface area contributed by atoms with Crippen molar-refractivity contribution in [3.05, 3.63) is 5.82 Å². The summed E-state index contributed by atoms with van der Waals surface area (Å²) in [6.07, 6.45) is 4.66. The van der Waals surface area contributed by atoms with Crippen LogP contribution in [0.15, 0.2) is 0 Å². The summed E-state index contributed by atoms with van der Waals surface area (Å²) >= 11 is 1.44. The quantitative estimate of drug-likeness (QED) is 0.738. The highest BCUT2D eigenvalue weighted by atomic mass is 32.1. The van der Waals surface area contributed by atoms with Crippen LogP contribution in [0.2, 0.25) is 0 Å². The molecule has 0 aliphatic carbocycles. The maximum atomic E-state index is 5.83. The summed E-state index contributed by atoms with van der Waals surface area (Å²) in [4.78, 5) is 4.36. The van der Waals surface area contributed by atoms with Crippen LogP contribution in [-0.4, -0.2) is 41.7 Å². The summed E-state index contributed by atoms with van der Waals surface area (Å²) in [5.74, 6) is 0.924. The SMILES string of the molecule is CCc1nsc(NCCCOC2CCNCC2)n1. The molecule has 1 aliphatic heterocycles. The van der Waals surface area contributed by atoms with Gasteiger partial charge in [0.2, 0.25) is 5.13 Å². The molecule has 1 aliphatic rings. The molecular weight excluding hydrogens is 248 g/mol. The van der Waals surface area contributed by atoms with E-state index in [0.717, 1.165) is 62.9 Å². The van der Waals surface area contributed by atoms with Gasteiger partial charge in [-0.1, -0.05) is 6.92 Å². The molecule has 0 unspecified atom stereocenters. The van der Waals surface area contributed by atoms with E-state index >= 15 is 0 Å². The van der Waals surface area contributed by atoms with E-state index in [2.05, 4.69) is 26.9 Å². The van der Waals surface area contributed by atoms with E-state index in [4.69, 9.17) is 4.74 Å². The van der Waals surface area contributed by atoms with Gasteiger partial charge in [-0.25, -0.2) is 4.98 Å². The Labute approximate surface area is 113 Å². The average Bonchev–Trinajstić information content (AvgIpc) is 2.87. The molecule has 5 nitrogen and oxygen atoms in total. The number of nitrogens with one attached hydrogen (secondary N) is 2. The molecule has 2 rings (SSSR count). The van der Waals surface area contributed by atoms with Gasteiger partial charge in [0.1, 0.15) is 5.82 Å². The van der Waals surface area contributed by atoms with Gasteiger partial charge in [0, 0.05) is 31.1 Å². The molecule has 0 spiro atoms. The van der Waals surface area contributed by atoms with Crippen LogP contribution in [0.4, 0.5) is 5.13 Å². The van der Waals surface area contributed by atoms with E-state index < -0.39 is 0 Å². The van der Waals surface area contributed by atoms with Crippen molar-refractivity contribution in [3.63, 3.8) is 0 Å². The first kappa shape index (κ1) is 13.7. The van der Waals surface area contributed by atoms with Gasteiger partial charge in [-0.3, -0.25) is 0 Å².